The molecule has 0 spiro atoms. The smallest absolute Gasteiger partial charge is 0.140 e. The van der Waals surface area contributed by atoms with Crippen LogP contribution in [0.25, 0.3) is 11.1 Å². The molecule has 2 rings (SSSR count). The summed E-state index contributed by atoms with van der Waals surface area (Å²) >= 11 is 5.76. The molecule has 0 atom stereocenters. The van der Waals surface area contributed by atoms with Crippen molar-refractivity contribution in [2.24, 2.45) is 0 Å². The highest BCUT2D eigenvalue weighted by Gasteiger charge is 2.14. The second-order valence-corrected chi connectivity index (χ2v) is 3.55. The summed E-state index contributed by atoms with van der Waals surface area (Å²) in [5, 5.41) is 0.0572. The highest BCUT2D eigenvalue weighted by Crippen LogP contribution is 2.32. The van der Waals surface area contributed by atoms with Crippen LogP contribution in [0.1, 0.15) is 0 Å². The van der Waals surface area contributed by atoms with Gasteiger partial charge in [0.15, 0.2) is 0 Å². The maximum atomic E-state index is 13.4. The van der Waals surface area contributed by atoms with Crippen LogP contribution in [0.15, 0.2) is 30.3 Å². The van der Waals surface area contributed by atoms with E-state index >= 15 is 0 Å². The quantitative estimate of drug-likeness (QED) is 0.701. The summed E-state index contributed by atoms with van der Waals surface area (Å²) in [5.74, 6) is -2.35. The molecule has 2 aromatic rings. The van der Waals surface area contributed by atoms with Crippen LogP contribution in [0, 0.1) is 23.5 Å². The molecule has 0 fully saturated rings. The van der Waals surface area contributed by atoms with Gasteiger partial charge in [-0.25, -0.2) is 13.2 Å². The van der Waals surface area contributed by atoms with E-state index in [0.29, 0.717) is 6.07 Å². The predicted molar refractivity (Wildman–Crippen MR) is 55.6 cm³/mol. The Kier molecular flexibility index (Phi) is 2.88. The Morgan fingerprint density at radius 3 is 2.44 bits per heavy atom. The first-order valence-corrected chi connectivity index (χ1v) is 4.78. The zero-order valence-corrected chi connectivity index (χ0v) is 8.65. The van der Waals surface area contributed by atoms with E-state index in [4.69, 9.17) is 11.6 Å². The summed E-state index contributed by atoms with van der Waals surface area (Å²) in [6.45, 7) is 0. The molecule has 1 radical (unpaired) electrons. The standard InChI is InChI=1S/C12H5ClF3/c13-9-2-1-3-10(15)12(9)8-5-4-7(14)6-11(8)16/h1-2,4-6H. The van der Waals surface area contributed by atoms with Gasteiger partial charge in [-0.2, -0.15) is 0 Å². The van der Waals surface area contributed by atoms with Crippen LogP contribution in [0.5, 0.6) is 0 Å². The van der Waals surface area contributed by atoms with E-state index in [1.165, 1.54) is 12.1 Å². The third kappa shape index (κ3) is 1.91. The van der Waals surface area contributed by atoms with Crippen molar-refractivity contribution in [1.29, 1.82) is 0 Å². The van der Waals surface area contributed by atoms with E-state index in [1.807, 2.05) is 0 Å². The Bertz CT molecular complexity index is 518. The minimum absolute atomic E-state index is 0.0572. The number of rotatable bonds is 1. The Labute approximate surface area is 95.3 Å². The van der Waals surface area contributed by atoms with Gasteiger partial charge in [-0.3, -0.25) is 0 Å². The molecule has 81 valence electrons. The largest absolute Gasteiger partial charge is 0.207 e. The van der Waals surface area contributed by atoms with E-state index in [1.54, 1.807) is 0 Å². The van der Waals surface area contributed by atoms with Gasteiger partial charge in [-0.15, -0.1) is 0 Å². The van der Waals surface area contributed by atoms with Gasteiger partial charge in [0.2, 0.25) is 0 Å². The molecule has 0 aromatic heterocycles. The Balaban J connectivity index is 2.68. The van der Waals surface area contributed by atoms with Crippen molar-refractivity contribution in [3.8, 4) is 11.1 Å². The average Bonchev–Trinajstić information content (AvgIpc) is 2.20. The zero-order chi connectivity index (χ0) is 11.7. The van der Waals surface area contributed by atoms with Crippen molar-refractivity contribution < 1.29 is 13.2 Å². The molecule has 2 aromatic carbocycles. The van der Waals surface area contributed by atoms with Gasteiger partial charge in [-0.05, 0) is 24.3 Å². The monoisotopic (exact) mass is 241 g/mol. The first kappa shape index (κ1) is 11.0. The molecule has 0 amide bonds. The van der Waals surface area contributed by atoms with Gasteiger partial charge in [0, 0.05) is 23.3 Å². The summed E-state index contributed by atoms with van der Waals surface area (Å²) in [5.41, 5.74) is -0.192. The first-order valence-electron chi connectivity index (χ1n) is 4.40. The van der Waals surface area contributed by atoms with Crippen LogP contribution in [0.2, 0.25) is 5.02 Å². The molecule has 0 N–H and O–H groups in total. The number of halogens is 4. The van der Waals surface area contributed by atoms with Crippen molar-refractivity contribution in [2.45, 2.75) is 0 Å². The van der Waals surface area contributed by atoms with E-state index in [2.05, 4.69) is 6.07 Å². The van der Waals surface area contributed by atoms with Gasteiger partial charge in [0.1, 0.15) is 17.5 Å². The predicted octanol–water partition coefficient (Wildman–Crippen LogP) is 4.22. The summed E-state index contributed by atoms with van der Waals surface area (Å²) in [6.07, 6.45) is 0. The van der Waals surface area contributed by atoms with Crippen LogP contribution in [-0.2, 0) is 0 Å². The van der Waals surface area contributed by atoms with Crippen LogP contribution in [0.3, 0.4) is 0 Å². The van der Waals surface area contributed by atoms with E-state index in [0.717, 1.165) is 12.1 Å². The van der Waals surface area contributed by atoms with Gasteiger partial charge < -0.3 is 0 Å². The number of benzene rings is 2. The number of hydrogen-bond acceptors (Lipinski definition) is 0. The van der Waals surface area contributed by atoms with Crippen molar-refractivity contribution in [3.05, 3.63) is 58.9 Å². The summed E-state index contributed by atoms with van der Waals surface area (Å²) in [4.78, 5) is 0. The fraction of sp³-hybridized carbons (Fsp3) is 0. The van der Waals surface area contributed by atoms with Crippen LogP contribution in [0.4, 0.5) is 13.2 Å². The molecule has 0 bridgehead atoms. The van der Waals surface area contributed by atoms with Crippen molar-refractivity contribution in [1.82, 2.24) is 0 Å². The molecule has 0 aliphatic carbocycles. The minimum atomic E-state index is -0.861. The van der Waals surface area contributed by atoms with Crippen molar-refractivity contribution >= 4 is 11.6 Å². The summed E-state index contributed by atoms with van der Waals surface area (Å²) < 4.78 is 39.5. The molecule has 0 heterocycles. The lowest BCUT2D eigenvalue weighted by Gasteiger charge is -2.06. The normalized spacial score (nSPS) is 10.5. The third-order valence-electron chi connectivity index (χ3n) is 2.10. The molecule has 0 unspecified atom stereocenters. The molecule has 0 saturated heterocycles. The molecular formula is C12H5ClF3. The van der Waals surface area contributed by atoms with E-state index in [9.17, 15) is 13.2 Å². The van der Waals surface area contributed by atoms with Gasteiger partial charge in [-0.1, -0.05) is 11.6 Å². The zero-order valence-electron chi connectivity index (χ0n) is 7.90. The second-order valence-electron chi connectivity index (χ2n) is 3.14. The van der Waals surface area contributed by atoms with Gasteiger partial charge >= 0.3 is 0 Å². The fourth-order valence-electron chi connectivity index (χ4n) is 1.39. The molecule has 4 heteroatoms. The molecule has 0 aliphatic rings. The lowest BCUT2D eigenvalue weighted by atomic mass is 10.0. The van der Waals surface area contributed by atoms with Crippen molar-refractivity contribution in [2.75, 3.05) is 0 Å². The molecule has 0 saturated carbocycles. The van der Waals surface area contributed by atoms with Crippen molar-refractivity contribution in [3.63, 3.8) is 0 Å². The second kappa shape index (κ2) is 4.18. The van der Waals surface area contributed by atoms with Crippen LogP contribution in [-0.4, -0.2) is 0 Å². The topological polar surface area (TPSA) is 0 Å². The Morgan fingerprint density at radius 2 is 1.81 bits per heavy atom. The molecule has 0 aliphatic heterocycles. The molecular weight excluding hydrogens is 237 g/mol. The van der Waals surface area contributed by atoms with Crippen LogP contribution < -0.4 is 0 Å². The van der Waals surface area contributed by atoms with Crippen LogP contribution >= 0.6 is 11.6 Å². The lowest BCUT2D eigenvalue weighted by Crippen LogP contribution is -1.91. The highest BCUT2D eigenvalue weighted by atomic mass is 35.5. The van der Waals surface area contributed by atoms with Gasteiger partial charge in [0.05, 0.1) is 5.02 Å². The summed E-state index contributed by atoms with van der Waals surface area (Å²) in [6, 6.07) is 7.82. The SMILES string of the molecule is Fc1ccc(-c2c(F)[c]ccc2Cl)c(F)c1. The molecule has 0 nitrogen and oxygen atoms in total. The fourth-order valence-corrected chi connectivity index (χ4v) is 1.64. The molecule has 16 heavy (non-hydrogen) atoms. The Morgan fingerprint density at radius 1 is 1.06 bits per heavy atom. The lowest BCUT2D eigenvalue weighted by molar-refractivity contribution is 0.582. The van der Waals surface area contributed by atoms with E-state index in [-0.39, 0.29) is 16.1 Å². The minimum Gasteiger partial charge on any atom is -0.207 e. The highest BCUT2D eigenvalue weighted by molar-refractivity contribution is 6.33. The average molecular weight is 242 g/mol. The number of hydrogen-bond donors (Lipinski definition) is 0. The first-order chi connectivity index (χ1) is 7.59. The third-order valence-corrected chi connectivity index (χ3v) is 2.41. The van der Waals surface area contributed by atoms with E-state index < -0.39 is 17.5 Å². The summed E-state index contributed by atoms with van der Waals surface area (Å²) in [7, 11) is 0. The maximum absolute atomic E-state index is 13.4. The maximum Gasteiger partial charge on any atom is 0.140 e. The van der Waals surface area contributed by atoms with Gasteiger partial charge in [0.25, 0.3) is 0 Å². The Hall–Kier alpha value is -1.48.